The number of aryl methyl sites for hydroxylation is 3. The summed E-state index contributed by atoms with van der Waals surface area (Å²) >= 11 is 2.55. The second-order valence-corrected chi connectivity index (χ2v) is 9.95. The molecule has 182 valence electrons. The van der Waals surface area contributed by atoms with Gasteiger partial charge < -0.3 is 9.88 Å². The number of aliphatic imine (C=N–C) groups is 1. The molecule has 1 aliphatic rings. The number of nitrogens with one attached hydrogen (secondary N) is 1. The lowest BCUT2D eigenvalue weighted by Crippen LogP contribution is -2.19. The Labute approximate surface area is 205 Å². The molecule has 1 saturated heterocycles. The fraction of sp³-hybridized carbons (Fsp3) is 0.227. The first-order valence-electron chi connectivity index (χ1n) is 10.1. The minimum Gasteiger partial charge on any atom is -0.318 e. The maximum Gasteiger partial charge on any atom is 0.423 e. The highest BCUT2D eigenvalue weighted by Gasteiger charge is 2.38. The van der Waals surface area contributed by atoms with Crippen LogP contribution in [0.5, 0.6) is 0 Å². The first-order chi connectivity index (χ1) is 16.3. The number of rotatable bonds is 4. The van der Waals surface area contributed by atoms with Gasteiger partial charge in [0.2, 0.25) is 5.13 Å². The van der Waals surface area contributed by atoms with Crippen LogP contribution in [0.25, 0.3) is 11.8 Å². The predicted octanol–water partition coefficient (Wildman–Crippen LogP) is 5.99. The molecule has 1 amide bonds. The molecule has 1 aromatic carbocycles. The van der Waals surface area contributed by atoms with Gasteiger partial charge in [0, 0.05) is 28.0 Å². The number of benzene rings is 1. The van der Waals surface area contributed by atoms with Crippen molar-refractivity contribution in [1.82, 2.24) is 14.9 Å². The quantitative estimate of drug-likeness (QED) is 0.258. The van der Waals surface area contributed by atoms with Gasteiger partial charge in [0.25, 0.3) is 11.6 Å². The number of carbonyl (C=O) groups excluding carboxylic acids is 1. The molecule has 0 radical (unpaired) electrons. The highest BCUT2D eigenvalue weighted by molar-refractivity contribution is 8.18. The number of aromatic nitrogens is 2. The SMILES string of the molecule is Cc1nc(/N=C2\NC(=O)/C(=C/c3cc(C)n(-c4ccc([N+](=O)[O-])c(C(F)(F)F)c4)c3C)S2)sc1C. The second-order valence-electron chi connectivity index (χ2n) is 7.74. The topological polar surface area (TPSA) is 102 Å². The van der Waals surface area contributed by atoms with Crippen LogP contribution in [0.2, 0.25) is 0 Å². The molecule has 3 aromatic rings. The summed E-state index contributed by atoms with van der Waals surface area (Å²) in [4.78, 5) is 32.6. The molecule has 13 heteroatoms. The van der Waals surface area contributed by atoms with Gasteiger partial charge in [0.05, 0.1) is 15.5 Å². The molecule has 4 rings (SSSR count). The van der Waals surface area contributed by atoms with E-state index < -0.39 is 22.4 Å². The molecule has 35 heavy (non-hydrogen) atoms. The highest BCUT2D eigenvalue weighted by atomic mass is 32.2. The number of hydrogen-bond donors (Lipinski definition) is 1. The van der Waals surface area contributed by atoms with Crippen LogP contribution in [0.1, 0.15) is 33.1 Å². The van der Waals surface area contributed by atoms with Gasteiger partial charge in [-0.3, -0.25) is 14.9 Å². The van der Waals surface area contributed by atoms with Crippen LogP contribution in [-0.4, -0.2) is 25.5 Å². The van der Waals surface area contributed by atoms with Gasteiger partial charge in [-0.1, -0.05) is 11.3 Å². The van der Waals surface area contributed by atoms with Gasteiger partial charge in [-0.2, -0.15) is 18.2 Å². The number of nitro groups is 1. The van der Waals surface area contributed by atoms with Gasteiger partial charge in [0.15, 0.2) is 5.17 Å². The van der Waals surface area contributed by atoms with Crippen LogP contribution in [0.15, 0.2) is 34.2 Å². The Balaban J connectivity index is 1.69. The summed E-state index contributed by atoms with van der Waals surface area (Å²) in [5, 5.41) is 14.7. The van der Waals surface area contributed by atoms with Gasteiger partial charge >= 0.3 is 6.18 Å². The van der Waals surface area contributed by atoms with E-state index >= 15 is 0 Å². The lowest BCUT2D eigenvalue weighted by molar-refractivity contribution is -0.388. The Morgan fingerprint density at radius 1 is 1.20 bits per heavy atom. The van der Waals surface area contributed by atoms with Crippen LogP contribution in [-0.2, 0) is 11.0 Å². The molecule has 8 nitrogen and oxygen atoms in total. The third-order valence-corrected chi connectivity index (χ3v) is 7.24. The summed E-state index contributed by atoms with van der Waals surface area (Å²) in [7, 11) is 0. The predicted molar refractivity (Wildman–Crippen MR) is 129 cm³/mol. The average molecular weight is 522 g/mol. The Kier molecular flexibility index (Phi) is 6.32. The molecule has 0 unspecified atom stereocenters. The summed E-state index contributed by atoms with van der Waals surface area (Å²) < 4.78 is 41.9. The molecule has 0 spiro atoms. The summed E-state index contributed by atoms with van der Waals surface area (Å²) in [6.45, 7) is 7.20. The van der Waals surface area contributed by atoms with E-state index in [-0.39, 0.29) is 11.6 Å². The van der Waals surface area contributed by atoms with Crippen molar-refractivity contribution in [3.8, 4) is 5.69 Å². The molecular weight excluding hydrogens is 503 g/mol. The largest absolute Gasteiger partial charge is 0.423 e. The van der Waals surface area contributed by atoms with E-state index in [4.69, 9.17) is 0 Å². The Morgan fingerprint density at radius 3 is 2.51 bits per heavy atom. The maximum absolute atomic E-state index is 13.5. The number of alkyl halides is 3. The van der Waals surface area contributed by atoms with Crippen LogP contribution in [0.4, 0.5) is 24.0 Å². The fourth-order valence-corrected chi connectivity index (χ4v) is 5.25. The number of nitrogens with zero attached hydrogens (tertiary/aromatic N) is 4. The first kappa shape index (κ1) is 24.7. The lowest BCUT2D eigenvalue weighted by Gasteiger charge is -2.13. The number of thiazole rings is 1. The van der Waals surface area contributed by atoms with Crippen LogP contribution in [0, 0.1) is 37.8 Å². The smallest absolute Gasteiger partial charge is 0.318 e. The van der Waals surface area contributed by atoms with E-state index in [1.807, 2.05) is 13.8 Å². The third-order valence-electron chi connectivity index (χ3n) is 5.36. The fourth-order valence-electron chi connectivity index (χ4n) is 3.59. The summed E-state index contributed by atoms with van der Waals surface area (Å²) in [6, 6.07) is 4.60. The van der Waals surface area contributed by atoms with E-state index in [2.05, 4.69) is 15.3 Å². The summed E-state index contributed by atoms with van der Waals surface area (Å²) in [5.74, 6) is -0.349. The Morgan fingerprint density at radius 2 is 1.91 bits per heavy atom. The van der Waals surface area contributed by atoms with E-state index in [0.29, 0.717) is 32.2 Å². The number of carbonyl (C=O) groups is 1. The monoisotopic (exact) mass is 521 g/mol. The zero-order valence-electron chi connectivity index (χ0n) is 18.9. The standard InChI is InChI=1S/C22H18F3N5O3S2/c1-10-7-14(8-18-19(31)27-21(35-18)28-20-26-11(2)13(4)34-20)12(3)29(10)15-5-6-17(30(32)33)16(9-15)22(23,24)25/h5-9H,1-4H3,(H,26,27,28,31)/b18-8-. The van der Waals surface area contributed by atoms with E-state index in [1.54, 1.807) is 30.6 Å². The maximum atomic E-state index is 13.5. The molecule has 0 aliphatic carbocycles. The van der Waals surface area contributed by atoms with Crippen LogP contribution >= 0.6 is 23.1 Å². The van der Waals surface area contributed by atoms with E-state index in [1.165, 1.54) is 17.4 Å². The van der Waals surface area contributed by atoms with Crippen molar-refractivity contribution in [2.24, 2.45) is 4.99 Å². The number of amides is 1. The van der Waals surface area contributed by atoms with Crippen molar-refractivity contribution in [2.75, 3.05) is 0 Å². The van der Waals surface area contributed by atoms with E-state index in [9.17, 15) is 28.1 Å². The molecular formula is C22H18F3N5O3S2. The molecule has 1 aliphatic heterocycles. The van der Waals surface area contributed by atoms with E-state index in [0.717, 1.165) is 34.5 Å². The molecule has 3 heterocycles. The number of amidine groups is 1. The molecule has 1 N–H and O–H groups in total. The summed E-state index contributed by atoms with van der Waals surface area (Å²) in [6.07, 6.45) is -3.25. The number of thioether (sulfide) groups is 1. The highest BCUT2D eigenvalue weighted by Crippen LogP contribution is 2.38. The first-order valence-corrected chi connectivity index (χ1v) is 11.8. The normalized spacial score (nSPS) is 16.4. The van der Waals surface area contributed by atoms with Crippen LogP contribution in [0.3, 0.4) is 0 Å². The van der Waals surface area contributed by atoms with Gasteiger partial charge in [0.1, 0.15) is 5.56 Å². The molecule has 1 fully saturated rings. The number of halogens is 3. The third kappa shape index (κ3) is 4.86. The van der Waals surface area contributed by atoms with Crippen molar-refractivity contribution in [3.63, 3.8) is 0 Å². The van der Waals surface area contributed by atoms with Crippen molar-refractivity contribution in [3.05, 3.63) is 72.4 Å². The van der Waals surface area contributed by atoms with Crippen molar-refractivity contribution in [1.29, 1.82) is 0 Å². The van der Waals surface area contributed by atoms with Crippen molar-refractivity contribution in [2.45, 2.75) is 33.9 Å². The second kappa shape index (κ2) is 8.96. The zero-order chi connectivity index (χ0) is 25.7. The minimum absolute atomic E-state index is 0.128. The number of hydrogen-bond acceptors (Lipinski definition) is 7. The van der Waals surface area contributed by atoms with Gasteiger partial charge in [-0.15, -0.1) is 0 Å². The van der Waals surface area contributed by atoms with Crippen molar-refractivity contribution < 1.29 is 22.9 Å². The van der Waals surface area contributed by atoms with Crippen LogP contribution < -0.4 is 5.32 Å². The number of nitro benzene ring substituents is 1. The molecule has 0 bridgehead atoms. The molecule has 0 saturated carbocycles. The Hall–Kier alpha value is -3.45. The van der Waals surface area contributed by atoms with Gasteiger partial charge in [-0.25, -0.2) is 4.98 Å². The lowest BCUT2D eigenvalue weighted by atomic mass is 10.1. The average Bonchev–Trinajstić information content (AvgIpc) is 3.36. The van der Waals surface area contributed by atoms with Crippen molar-refractivity contribution >= 4 is 51.1 Å². The van der Waals surface area contributed by atoms with Gasteiger partial charge in [-0.05, 0) is 69.3 Å². The summed E-state index contributed by atoms with van der Waals surface area (Å²) in [5.41, 5.74) is 0.447. The molecule has 0 atom stereocenters. The zero-order valence-corrected chi connectivity index (χ0v) is 20.5. The molecule has 2 aromatic heterocycles. The Bertz CT molecular complexity index is 1420. The minimum atomic E-state index is -4.89.